The van der Waals surface area contributed by atoms with Gasteiger partial charge >= 0.3 is 0 Å². The van der Waals surface area contributed by atoms with Crippen molar-refractivity contribution >= 4 is 16.7 Å². The van der Waals surface area contributed by atoms with E-state index < -0.39 is 0 Å². The summed E-state index contributed by atoms with van der Waals surface area (Å²) >= 11 is 0. The lowest BCUT2D eigenvalue weighted by atomic mass is 10.0. The molecule has 0 fully saturated rings. The van der Waals surface area contributed by atoms with Crippen LogP contribution in [0.4, 0.5) is 0 Å². The Hall–Kier alpha value is -3.74. The molecule has 3 heterocycles. The van der Waals surface area contributed by atoms with Crippen LogP contribution in [0.1, 0.15) is 11.4 Å². The number of hydrogen-bond donors (Lipinski definition) is 0. The molecule has 4 aromatic rings. The maximum Gasteiger partial charge on any atom is 0.227 e. The first-order chi connectivity index (χ1) is 14.7. The van der Waals surface area contributed by atoms with Gasteiger partial charge in [-0.1, -0.05) is 24.3 Å². The predicted octanol–water partition coefficient (Wildman–Crippen LogP) is 3.09. The third-order valence-corrected chi connectivity index (χ3v) is 5.55. The number of hydrogen-bond acceptors (Lipinski definition) is 5. The summed E-state index contributed by atoms with van der Waals surface area (Å²) in [4.78, 5) is 19.1. The Morgan fingerprint density at radius 2 is 2.03 bits per heavy atom. The van der Waals surface area contributed by atoms with Gasteiger partial charge in [-0.2, -0.15) is 0 Å². The highest BCUT2D eigenvalue weighted by Crippen LogP contribution is 2.26. The van der Waals surface area contributed by atoms with E-state index in [2.05, 4.69) is 19.7 Å². The topological polar surface area (TPSA) is 73.1 Å². The van der Waals surface area contributed by atoms with Crippen molar-refractivity contribution in [2.75, 3.05) is 13.7 Å². The van der Waals surface area contributed by atoms with Crippen molar-refractivity contribution in [3.8, 4) is 17.1 Å². The quantitative estimate of drug-likeness (QED) is 0.527. The van der Waals surface area contributed by atoms with Crippen LogP contribution in [-0.4, -0.2) is 44.2 Å². The van der Waals surface area contributed by atoms with Gasteiger partial charge in [0.25, 0.3) is 0 Å². The number of nitrogens with zero attached hydrogens (tertiary/aromatic N) is 5. The van der Waals surface area contributed by atoms with Gasteiger partial charge in [-0.15, -0.1) is 10.2 Å². The van der Waals surface area contributed by atoms with Crippen LogP contribution in [0.3, 0.4) is 0 Å². The van der Waals surface area contributed by atoms with E-state index in [0.29, 0.717) is 26.1 Å². The fraction of sp³-hybridized carbons (Fsp3) is 0.217. The molecule has 0 N–H and O–H groups in total. The zero-order valence-corrected chi connectivity index (χ0v) is 16.7. The summed E-state index contributed by atoms with van der Waals surface area (Å²) in [6, 6.07) is 15.8. The Kier molecular flexibility index (Phi) is 4.63. The van der Waals surface area contributed by atoms with Gasteiger partial charge in [0, 0.05) is 31.0 Å². The molecule has 30 heavy (non-hydrogen) atoms. The third kappa shape index (κ3) is 3.28. The molecular formula is C23H21N5O2. The third-order valence-electron chi connectivity index (χ3n) is 5.55. The smallest absolute Gasteiger partial charge is 0.227 e. The van der Waals surface area contributed by atoms with Gasteiger partial charge in [-0.25, -0.2) is 0 Å². The second kappa shape index (κ2) is 7.59. The molecule has 0 atom stereocenters. The minimum atomic E-state index is 0.0856. The standard InChI is InChI=1S/C23H21N5O2/c1-30-19-8-7-16-4-2-5-17(20(16)13-19)12-22(29)27-10-11-28-21(15-27)25-26-23(28)18-6-3-9-24-14-18/h2-9,13-14H,10-12,15H2,1H3. The van der Waals surface area contributed by atoms with E-state index in [1.54, 1.807) is 19.5 Å². The SMILES string of the molecule is COc1ccc2cccc(CC(=O)N3CCn4c(nnc4-c4cccnc4)C3)c2c1. The highest BCUT2D eigenvalue weighted by molar-refractivity contribution is 5.91. The zero-order valence-electron chi connectivity index (χ0n) is 16.7. The average Bonchev–Trinajstić information content (AvgIpc) is 3.23. The maximum atomic E-state index is 13.1. The normalized spacial score (nSPS) is 13.3. The molecule has 1 amide bonds. The molecule has 0 saturated carbocycles. The number of amides is 1. The number of carbonyl (C=O) groups excluding carboxylic acids is 1. The first-order valence-electron chi connectivity index (χ1n) is 9.89. The molecule has 0 saturated heterocycles. The van der Waals surface area contributed by atoms with E-state index >= 15 is 0 Å². The van der Waals surface area contributed by atoms with Crippen LogP contribution in [0.15, 0.2) is 60.9 Å². The second-order valence-electron chi connectivity index (χ2n) is 7.33. The van der Waals surface area contributed by atoms with Crippen molar-refractivity contribution in [2.24, 2.45) is 0 Å². The van der Waals surface area contributed by atoms with Crippen LogP contribution < -0.4 is 4.74 Å². The number of benzene rings is 2. The maximum absolute atomic E-state index is 13.1. The Morgan fingerprint density at radius 3 is 2.87 bits per heavy atom. The molecular weight excluding hydrogens is 378 g/mol. The summed E-state index contributed by atoms with van der Waals surface area (Å²) in [7, 11) is 1.65. The minimum absolute atomic E-state index is 0.0856. The van der Waals surface area contributed by atoms with Crippen LogP contribution in [0.25, 0.3) is 22.2 Å². The number of fused-ring (bicyclic) bond motifs is 2. The molecule has 5 rings (SSSR count). The van der Waals surface area contributed by atoms with Crippen molar-refractivity contribution in [3.05, 3.63) is 72.3 Å². The minimum Gasteiger partial charge on any atom is -0.497 e. The summed E-state index contributed by atoms with van der Waals surface area (Å²) < 4.78 is 7.43. The van der Waals surface area contributed by atoms with Crippen LogP contribution in [-0.2, 0) is 24.3 Å². The van der Waals surface area contributed by atoms with Gasteiger partial charge in [-0.3, -0.25) is 9.78 Å². The summed E-state index contributed by atoms with van der Waals surface area (Å²) in [6.45, 7) is 1.76. The number of ether oxygens (including phenoxy) is 1. The van der Waals surface area contributed by atoms with Crippen LogP contribution in [0.2, 0.25) is 0 Å². The van der Waals surface area contributed by atoms with Gasteiger partial charge < -0.3 is 14.2 Å². The molecule has 150 valence electrons. The Labute approximate surface area is 173 Å². The van der Waals surface area contributed by atoms with Gasteiger partial charge in [0.1, 0.15) is 5.75 Å². The average molecular weight is 399 g/mol. The largest absolute Gasteiger partial charge is 0.497 e. The molecule has 0 aliphatic carbocycles. The molecule has 2 aromatic carbocycles. The number of aromatic nitrogens is 4. The van der Waals surface area contributed by atoms with E-state index in [0.717, 1.165) is 39.3 Å². The van der Waals surface area contributed by atoms with Crippen LogP contribution >= 0.6 is 0 Å². The number of rotatable bonds is 4. The molecule has 2 aromatic heterocycles. The Bertz CT molecular complexity index is 1220. The van der Waals surface area contributed by atoms with Crippen molar-refractivity contribution in [1.82, 2.24) is 24.6 Å². The monoisotopic (exact) mass is 399 g/mol. The molecule has 7 nitrogen and oxygen atoms in total. The summed E-state index contributed by atoms with van der Waals surface area (Å²) in [5, 5.41) is 10.8. The van der Waals surface area contributed by atoms with Crippen molar-refractivity contribution in [3.63, 3.8) is 0 Å². The lowest BCUT2D eigenvalue weighted by Gasteiger charge is -2.28. The predicted molar refractivity (Wildman–Crippen MR) is 113 cm³/mol. The fourth-order valence-corrected chi connectivity index (χ4v) is 3.95. The molecule has 0 radical (unpaired) electrons. The van der Waals surface area contributed by atoms with E-state index in [9.17, 15) is 4.79 Å². The molecule has 0 bridgehead atoms. The highest BCUT2D eigenvalue weighted by atomic mass is 16.5. The number of pyridine rings is 1. The Morgan fingerprint density at radius 1 is 1.10 bits per heavy atom. The molecule has 1 aliphatic rings. The van der Waals surface area contributed by atoms with Gasteiger partial charge in [0.05, 0.1) is 20.1 Å². The van der Waals surface area contributed by atoms with Gasteiger partial charge in [0.15, 0.2) is 11.6 Å². The molecule has 0 unspecified atom stereocenters. The van der Waals surface area contributed by atoms with Gasteiger partial charge in [0.2, 0.25) is 5.91 Å². The summed E-state index contributed by atoms with van der Waals surface area (Å²) in [5.74, 6) is 2.47. The van der Waals surface area contributed by atoms with E-state index in [4.69, 9.17) is 4.74 Å². The van der Waals surface area contributed by atoms with E-state index in [1.165, 1.54) is 0 Å². The first-order valence-corrected chi connectivity index (χ1v) is 9.89. The Balaban J connectivity index is 1.37. The van der Waals surface area contributed by atoms with Crippen molar-refractivity contribution in [2.45, 2.75) is 19.5 Å². The fourth-order valence-electron chi connectivity index (χ4n) is 3.95. The number of methoxy groups -OCH3 is 1. The van der Waals surface area contributed by atoms with E-state index in [-0.39, 0.29) is 5.91 Å². The van der Waals surface area contributed by atoms with Crippen LogP contribution in [0, 0.1) is 0 Å². The molecule has 7 heteroatoms. The lowest BCUT2D eigenvalue weighted by molar-refractivity contribution is -0.131. The first kappa shape index (κ1) is 18.3. The highest BCUT2D eigenvalue weighted by Gasteiger charge is 2.25. The lowest BCUT2D eigenvalue weighted by Crippen LogP contribution is -2.39. The molecule has 1 aliphatic heterocycles. The van der Waals surface area contributed by atoms with Gasteiger partial charge in [-0.05, 0) is 40.6 Å². The zero-order chi connectivity index (χ0) is 20.5. The van der Waals surface area contributed by atoms with Crippen LogP contribution in [0.5, 0.6) is 5.75 Å². The number of carbonyl (C=O) groups is 1. The summed E-state index contributed by atoms with van der Waals surface area (Å²) in [5.41, 5.74) is 1.93. The second-order valence-corrected chi connectivity index (χ2v) is 7.33. The molecule has 0 spiro atoms. The van der Waals surface area contributed by atoms with E-state index in [1.807, 2.05) is 53.4 Å². The van der Waals surface area contributed by atoms with Crippen molar-refractivity contribution < 1.29 is 9.53 Å². The summed E-state index contributed by atoms with van der Waals surface area (Å²) in [6.07, 6.45) is 3.86. The van der Waals surface area contributed by atoms with Crippen molar-refractivity contribution in [1.29, 1.82) is 0 Å².